The third kappa shape index (κ3) is 2.96. The van der Waals surface area contributed by atoms with Crippen molar-refractivity contribution in [1.29, 1.82) is 0 Å². The van der Waals surface area contributed by atoms with E-state index in [9.17, 15) is 9.90 Å². The summed E-state index contributed by atoms with van der Waals surface area (Å²) in [4.78, 5) is 12.9. The summed E-state index contributed by atoms with van der Waals surface area (Å²) in [5.41, 5.74) is 5.17. The zero-order chi connectivity index (χ0) is 16.4. The number of hydrogen-bond donors (Lipinski definition) is 2. The van der Waals surface area contributed by atoms with Crippen molar-refractivity contribution >= 4 is 33.8 Å². The quantitative estimate of drug-likeness (QED) is 0.650. The predicted molar refractivity (Wildman–Crippen MR) is 93.3 cm³/mol. The van der Waals surface area contributed by atoms with Crippen LogP contribution in [0, 0.1) is 0 Å². The topological polar surface area (TPSA) is 93.0 Å². The van der Waals surface area contributed by atoms with Crippen LogP contribution >= 0.6 is 12.2 Å². The van der Waals surface area contributed by atoms with Gasteiger partial charge in [0.1, 0.15) is 0 Å². The molecule has 120 valence electrons. The number of aromatic hydroxyl groups is 1. The standard InChI is InChI=1S/C16H18N4O2S/c17-16(23)19-18-13-11-8-4-5-9-12(11)14(21)20(15(13)22)10-6-2-1-3-7-10/h4-5,8-10,21H,1-3,6-7H2,(H2,17,23). The van der Waals surface area contributed by atoms with Crippen molar-refractivity contribution in [3.8, 4) is 5.88 Å². The van der Waals surface area contributed by atoms with E-state index in [1.165, 1.54) is 4.57 Å². The number of hydrogen-bond acceptors (Lipinski definition) is 4. The maximum atomic E-state index is 12.9. The van der Waals surface area contributed by atoms with Crippen LogP contribution in [0.25, 0.3) is 10.8 Å². The molecule has 1 aliphatic carbocycles. The van der Waals surface area contributed by atoms with Crippen molar-refractivity contribution in [3.63, 3.8) is 0 Å². The zero-order valence-corrected chi connectivity index (χ0v) is 13.4. The molecule has 1 aromatic carbocycles. The highest BCUT2D eigenvalue weighted by Gasteiger charge is 2.23. The van der Waals surface area contributed by atoms with Gasteiger partial charge in [0.25, 0.3) is 5.56 Å². The Hall–Kier alpha value is -2.28. The predicted octanol–water partition coefficient (Wildman–Crippen LogP) is 3.54. The zero-order valence-electron chi connectivity index (χ0n) is 12.6. The molecule has 1 aliphatic rings. The van der Waals surface area contributed by atoms with Gasteiger partial charge >= 0.3 is 0 Å². The molecule has 3 rings (SSSR count). The highest BCUT2D eigenvalue weighted by molar-refractivity contribution is 7.80. The molecule has 0 amide bonds. The molecule has 0 radical (unpaired) electrons. The average Bonchev–Trinajstić information content (AvgIpc) is 2.55. The molecule has 23 heavy (non-hydrogen) atoms. The fourth-order valence-electron chi connectivity index (χ4n) is 3.21. The van der Waals surface area contributed by atoms with Crippen molar-refractivity contribution < 1.29 is 5.11 Å². The summed E-state index contributed by atoms with van der Waals surface area (Å²) in [6.45, 7) is 0. The Kier molecular flexibility index (Phi) is 4.38. The summed E-state index contributed by atoms with van der Waals surface area (Å²) in [5, 5.41) is 19.2. The maximum absolute atomic E-state index is 12.9. The van der Waals surface area contributed by atoms with Crippen LogP contribution in [0.4, 0.5) is 5.69 Å². The fraction of sp³-hybridized carbons (Fsp3) is 0.375. The van der Waals surface area contributed by atoms with Gasteiger partial charge in [-0.15, -0.1) is 10.2 Å². The van der Waals surface area contributed by atoms with Gasteiger partial charge in [-0.1, -0.05) is 37.5 Å². The minimum Gasteiger partial charge on any atom is -0.494 e. The maximum Gasteiger partial charge on any atom is 0.282 e. The molecular weight excluding hydrogens is 312 g/mol. The van der Waals surface area contributed by atoms with E-state index >= 15 is 0 Å². The van der Waals surface area contributed by atoms with E-state index in [1.807, 2.05) is 6.07 Å². The van der Waals surface area contributed by atoms with E-state index in [-0.39, 0.29) is 28.3 Å². The van der Waals surface area contributed by atoms with E-state index in [0.29, 0.717) is 10.8 Å². The van der Waals surface area contributed by atoms with E-state index in [1.54, 1.807) is 18.2 Å². The van der Waals surface area contributed by atoms with Gasteiger partial charge in [-0.25, -0.2) is 0 Å². The third-order valence-corrected chi connectivity index (χ3v) is 4.34. The Balaban J connectivity index is 2.27. The second kappa shape index (κ2) is 6.45. The lowest BCUT2D eigenvalue weighted by Crippen LogP contribution is -2.26. The van der Waals surface area contributed by atoms with Gasteiger partial charge < -0.3 is 10.8 Å². The first-order chi connectivity index (χ1) is 11.1. The second-order valence-electron chi connectivity index (χ2n) is 5.72. The molecular formula is C16H18N4O2S. The van der Waals surface area contributed by atoms with Gasteiger partial charge in [0.05, 0.1) is 0 Å². The van der Waals surface area contributed by atoms with Gasteiger partial charge in [-0.3, -0.25) is 9.36 Å². The van der Waals surface area contributed by atoms with Crippen LogP contribution in [0.1, 0.15) is 38.1 Å². The molecule has 0 bridgehead atoms. The highest BCUT2D eigenvalue weighted by atomic mass is 32.1. The molecule has 1 fully saturated rings. The molecule has 0 aliphatic heterocycles. The van der Waals surface area contributed by atoms with Crippen LogP contribution in [0.5, 0.6) is 5.88 Å². The number of nitrogens with zero attached hydrogens (tertiary/aromatic N) is 3. The first kappa shape index (κ1) is 15.6. The van der Waals surface area contributed by atoms with Crippen molar-refractivity contribution in [2.45, 2.75) is 38.1 Å². The number of aromatic nitrogens is 1. The van der Waals surface area contributed by atoms with Crippen molar-refractivity contribution in [1.82, 2.24) is 4.57 Å². The van der Waals surface area contributed by atoms with Crippen molar-refractivity contribution in [2.24, 2.45) is 16.0 Å². The summed E-state index contributed by atoms with van der Waals surface area (Å²) < 4.78 is 1.45. The number of azo groups is 1. The summed E-state index contributed by atoms with van der Waals surface area (Å²) in [6, 6.07) is 7.08. The van der Waals surface area contributed by atoms with E-state index in [0.717, 1.165) is 32.1 Å². The second-order valence-corrected chi connectivity index (χ2v) is 6.14. The van der Waals surface area contributed by atoms with Crippen LogP contribution < -0.4 is 11.3 Å². The van der Waals surface area contributed by atoms with E-state index < -0.39 is 0 Å². The Bertz CT molecular complexity index is 838. The van der Waals surface area contributed by atoms with E-state index in [2.05, 4.69) is 10.2 Å². The summed E-state index contributed by atoms with van der Waals surface area (Å²) >= 11 is 4.70. The number of fused-ring (bicyclic) bond motifs is 1. The van der Waals surface area contributed by atoms with Gasteiger partial charge in [-0.2, -0.15) is 0 Å². The lowest BCUT2D eigenvalue weighted by atomic mass is 9.95. The molecule has 0 unspecified atom stereocenters. The molecule has 7 heteroatoms. The average molecular weight is 330 g/mol. The Morgan fingerprint density at radius 3 is 2.52 bits per heavy atom. The SMILES string of the molecule is NC(=S)N=Nc1c(=O)n(C2CCCCC2)c(O)c2ccccc12. The van der Waals surface area contributed by atoms with Crippen LogP contribution in [0.2, 0.25) is 0 Å². The molecule has 2 aromatic rings. The van der Waals surface area contributed by atoms with Crippen LogP contribution in [-0.4, -0.2) is 14.8 Å². The highest BCUT2D eigenvalue weighted by Crippen LogP contribution is 2.35. The monoisotopic (exact) mass is 330 g/mol. The van der Waals surface area contributed by atoms with Gasteiger partial charge in [0.15, 0.2) is 5.69 Å². The molecule has 1 heterocycles. The largest absolute Gasteiger partial charge is 0.494 e. The van der Waals surface area contributed by atoms with Gasteiger partial charge in [0, 0.05) is 16.8 Å². The normalized spacial score (nSPS) is 16.2. The smallest absolute Gasteiger partial charge is 0.282 e. The third-order valence-electron chi connectivity index (χ3n) is 4.26. The molecule has 6 nitrogen and oxygen atoms in total. The Morgan fingerprint density at radius 1 is 1.22 bits per heavy atom. The van der Waals surface area contributed by atoms with E-state index in [4.69, 9.17) is 18.0 Å². The molecule has 0 atom stereocenters. The molecule has 1 saturated carbocycles. The minimum atomic E-state index is -0.354. The van der Waals surface area contributed by atoms with Crippen LogP contribution in [0.15, 0.2) is 39.3 Å². The molecule has 1 aromatic heterocycles. The minimum absolute atomic E-state index is 0.00762. The first-order valence-corrected chi connectivity index (χ1v) is 8.08. The number of nitrogens with two attached hydrogens (primary N) is 1. The van der Waals surface area contributed by atoms with Gasteiger partial charge in [0.2, 0.25) is 11.0 Å². The van der Waals surface area contributed by atoms with Crippen molar-refractivity contribution in [2.75, 3.05) is 0 Å². The number of thiocarbonyl (C=S) groups is 1. The molecule has 0 spiro atoms. The number of rotatable bonds is 2. The summed E-state index contributed by atoms with van der Waals surface area (Å²) in [5.74, 6) is -0.00762. The van der Waals surface area contributed by atoms with Crippen molar-refractivity contribution in [3.05, 3.63) is 34.6 Å². The van der Waals surface area contributed by atoms with Crippen LogP contribution in [0.3, 0.4) is 0 Å². The number of pyridine rings is 1. The number of benzene rings is 1. The molecule has 3 N–H and O–H groups in total. The first-order valence-electron chi connectivity index (χ1n) is 7.67. The summed E-state index contributed by atoms with van der Waals surface area (Å²) in [7, 11) is 0. The lowest BCUT2D eigenvalue weighted by Gasteiger charge is -2.25. The van der Waals surface area contributed by atoms with Gasteiger partial charge in [-0.05, 0) is 31.1 Å². The fourth-order valence-corrected chi connectivity index (χ4v) is 3.25. The molecule has 0 saturated heterocycles. The Labute approximate surface area is 138 Å². The lowest BCUT2D eigenvalue weighted by molar-refractivity contribution is 0.307. The Morgan fingerprint density at radius 2 is 1.87 bits per heavy atom. The van der Waals surface area contributed by atoms with Crippen LogP contribution in [-0.2, 0) is 0 Å². The summed E-state index contributed by atoms with van der Waals surface area (Å²) in [6.07, 6.45) is 5.00.